The van der Waals surface area contributed by atoms with Gasteiger partial charge in [0.05, 0.1) is 0 Å². The number of benzene rings is 1. The molecule has 1 aromatic heterocycles. The summed E-state index contributed by atoms with van der Waals surface area (Å²) in [5.41, 5.74) is 1.19. The number of piperazine rings is 1. The Kier molecular flexibility index (Phi) is 5.97. The van der Waals surface area contributed by atoms with Gasteiger partial charge in [-0.3, -0.25) is 0 Å². The average Bonchev–Trinajstić information content (AvgIpc) is 2.97. The first-order valence-electron chi connectivity index (χ1n) is 10.1. The van der Waals surface area contributed by atoms with E-state index >= 15 is 0 Å². The number of aromatic nitrogens is 2. The first kappa shape index (κ1) is 18.4. The summed E-state index contributed by atoms with van der Waals surface area (Å²) in [5, 5.41) is 4.43. The first-order valence-corrected chi connectivity index (χ1v) is 10.5. The molecule has 0 atom stereocenters. The van der Waals surface area contributed by atoms with Crippen LogP contribution in [-0.4, -0.2) is 42.2 Å². The van der Waals surface area contributed by atoms with Gasteiger partial charge in [-0.2, -0.15) is 4.98 Å². The molecule has 0 radical (unpaired) electrons. The van der Waals surface area contributed by atoms with Gasteiger partial charge in [0, 0.05) is 49.1 Å². The molecule has 2 aliphatic rings. The van der Waals surface area contributed by atoms with Gasteiger partial charge in [-0.05, 0) is 37.1 Å². The molecule has 1 saturated carbocycles. The predicted octanol–water partition coefficient (Wildman–Crippen LogP) is 4.59. The van der Waals surface area contributed by atoms with Crippen LogP contribution in [0.25, 0.3) is 0 Å². The van der Waals surface area contributed by atoms with Gasteiger partial charge in [-0.1, -0.05) is 43.4 Å². The Morgan fingerprint density at radius 3 is 2.41 bits per heavy atom. The Balaban J connectivity index is 1.37. The van der Waals surface area contributed by atoms with Crippen molar-refractivity contribution in [2.24, 2.45) is 0 Å². The van der Waals surface area contributed by atoms with E-state index in [1.54, 1.807) is 0 Å². The van der Waals surface area contributed by atoms with E-state index < -0.39 is 0 Å². The van der Waals surface area contributed by atoms with E-state index in [9.17, 15) is 0 Å². The van der Waals surface area contributed by atoms with Gasteiger partial charge in [0.15, 0.2) is 0 Å². The van der Waals surface area contributed by atoms with Crippen molar-refractivity contribution in [1.82, 2.24) is 9.97 Å². The highest BCUT2D eigenvalue weighted by atomic mass is 35.5. The Bertz CT molecular complexity index is 737. The molecule has 0 amide bonds. The molecule has 6 heteroatoms. The van der Waals surface area contributed by atoms with Crippen LogP contribution in [0.5, 0.6) is 0 Å². The summed E-state index contributed by atoms with van der Waals surface area (Å²) in [6.07, 6.45) is 9.75. The van der Waals surface area contributed by atoms with Gasteiger partial charge in [0.25, 0.3) is 0 Å². The molecular weight excluding hydrogens is 358 g/mol. The molecule has 1 saturated heterocycles. The summed E-state index contributed by atoms with van der Waals surface area (Å²) in [7, 11) is 0. The van der Waals surface area contributed by atoms with Crippen LogP contribution in [0.1, 0.15) is 38.5 Å². The fourth-order valence-corrected chi connectivity index (χ4v) is 4.24. The van der Waals surface area contributed by atoms with E-state index in [1.807, 2.05) is 30.5 Å². The van der Waals surface area contributed by atoms with Crippen molar-refractivity contribution in [3.05, 3.63) is 41.6 Å². The second kappa shape index (κ2) is 8.79. The van der Waals surface area contributed by atoms with Gasteiger partial charge in [0.1, 0.15) is 5.82 Å². The number of hydrogen-bond donors (Lipinski definition) is 1. The molecule has 1 aliphatic heterocycles. The Morgan fingerprint density at radius 1 is 0.926 bits per heavy atom. The number of nitrogens with zero attached hydrogens (tertiary/aromatic N) is 4. The van der Waals surface area contributed by atoms with Crippen LogP contribution in [0.3, 0.4) is 0 Å². The molecule has 0 bridgehead atoms. The third kappa shape index (κ3) is 4.83. The largest absolute Gasteiger partial charge is 0.368 e. The molecule has 2 aromatic rings. The zero-order chi connectivity index (χ0) is 18.5. The van der Waals surface area contributed by atoms with Gasteiger partial charge in [-0.25, -0.2) is 4.98 Å². The molecule has 1 aliphatic carbocycles. The van der Waals surface area contributed by atoms with Crippen molar-refractivity contribution in [2.75, 3.05) is 41.3 Å². The smallest absolute Gasteiger partial charge is 0.227 e. The molecule has 1 aromatic carbocycles. The molecule has 0 unspecified atom stereocenters. The fourth-order valence-electron chi connectivity index (χ4n) is 4.05. The SMILES string of the molecule is Clc1cccc(N2CCN(c3nccc(NC4CCCCCC4)n3)CC2)c1. The second-order valence-electron chi connectivity index (χ2n) is 7.53. The van der Waals surface area contributed by atoms with E-state index in [4.69, 9.17) is 16.6 Å². The predicted molar refractivity (Wildman–Crippen MR) is 113 cm³/mol. The van der Waals surface area contributed by atoms with E-state index in [0.717, 1.165) is 43.0 Å². The van der Waals surface area contributed by atoms with Crippen LogP contribution in [0.4, 0.5) is 17.5 Å². The van der Waals surface area contributed by atoms with E-state index in [0.29, 0.717) is 6.04 Å². The van der Waals surface area contributed by atoms with Crippen molar-refractivity contribution in [1.29, 1.82) is 0 Å². The lowest BCUT2D eigenvalue weighted by Gasteiger charge is -2.36. The van der Waals surface area contributed by atoms with Gasteiger partial charge in [-0.15, -0.1) is 0 Å². The van der Waals surface area contributed by atoms with Crippen LogP contribution < -0.4 is 15.1 Å². The summed E-state index contributed by atoms with van der Waals surface area (Å²) in [6, 6.07) is 10.6. The minimum Gasteiger partial charge on any atom is -0.368 e. The van der Waals surface area contributed by atoms with Crippen molar-refractivity contribution < 1.29 is 0 Å². The van der Waals surface area contributed by atoms with Crippen LogP contribution >= 0.6 is 11.6 Å². The summed E-state index contributed by atoms with van der Waals surface area (Å²) in [6.45, 7) is 3.73. The molecule has 1 N–H and O–H groups in total. The van der Waals surface area contributed by atoms with Crippen molar-refractivity contribution in [3.63, 3.8) is 0 Å². The van der Waals surface area contributed by atoms with E-state index in [2.05, 4.69) is 26.2 Å². The van der Waals surface area contributed by atoms with Crippen molar-refractivity contribution in [3.8, 4) is 0 Å². The van der Waals surface area contributed by atoms with Gasteiger partial charge in [0.2, 0.25) is 5.95 Å². The van der Waals surface area contributed by atoms with Crippen LogP contribution in [-0.2, 0) is 0 Å². The molecule has 2 heterocycles. The van der Waals surface area contributed by atoms with E-state index in [1.165, 1.54) is 44.2 Å². The molecular formula is C21H28ClN5. The lowest BCUT2D eigenvalue weighted by atomic mass is 10.1. The quantitative estimate of drug-likeness (QED) is 0.779. The lowest BCUT2D eigenvalue weighted by molar-refractivity contribution is 0.615. The van der Waals surface area contributed by atoms with Crippen molar-refractivity contribution >= 4 is 29.1 Å². The zero-order valence-electron chi connectivity index (χ0n) is 15.8. The number of halogens is 1. The Hall–Kier alpha value is -2.01. The maximum absolute atomic E-state index is 6.13. The molecule has 2 fully saturated rings. The van der Waals surface area contributed by atoms with Crippen LogP contribution in [0, 0.1) is 0 Å². The number of nitrogens with one attached hydrogen (secondary N) is 1. The maximum Gasteiger partial charge on any atom is 0.227 e. The molecule has 4 rings (SSSR count). The standard InChI is InChI=1S/C21H28ClN5/c22-17-6-5-9-19(16-17)26-12-14-27(15-13-26)21-23-11-10-20(25-21)24-18-7-3-1-2-4-8-18/h5-6,9-11,16,18H,1-4,7-8,12-15H2,(H,23,24,25). The molecule has 0 spiro atoms. The first-order chi connectivity index (χ1) is 13.3. The summed E-state index contributed by atoms with van der Waals surface area (Å²) in [5.74, 6) is 1.79. The van der Waals surface area contributed by atoms with Crippen LogP contribution in [0.2, 0.25) is 5.02 Å². The monoisotopic (exact) mass is 385 g/mol. The van der Waals surface area contributed by atoms with Gasteiger partial charge < -0.3 is 15.1 Å². The lowest BCUT2D eigenvalue weighted by Crippen LogP contribution is -2.47. The minimum absolute atomic E-state index is 0.551. The number of anilines is 3. The van der Waals surface area contributed by atoms with E-state index in [-0.39, 0.29) is 0 Å². The zero-order valence-corrected chi connectivity index (χ0v) is 16.5. The molecule has 144 valence electrons. The highest BCUT2D eigenvalue weighted by Gasteiger charge is 2.20. The average molecular weight is 386 g/mol. The number of rotatable bonds is 4. The van der Waals surface area contributed by atoms with Crippen molar-refractivity contribution in [2.45, 2.75) is 44.6 Å². The van der Waals surface area contributed by atoms with Gasteiger partial charge >= 0.3 is 0 Å². The third-order valence-electron chi connectivity index (χ3n) is 5.59. The summed E-state index contributed by atoms with van der Waals surface area (Å²) in [4.78, 5) is 14.0. The maximum atomic E-state index is 6.13. The topological polar surface area (TPSA) is 44.3 Å². The third-order valence-corrected chi connectivity index (χ3v) is 5.82. The highest BCUT2D eigenvalue weighted by Crippen LogP contribution is 2.23. The molecule has 27 heavy (non-hydrogen) atoms. The fraction of sp³-hybridized carbons (Fsp3) is 0.524. The normalized spacial score (nSPS) is 19.0. The molecule has 5 nitrogen and oxygen atoms in total. The number of hydrogen-bond acceptors (Lipinski definition) is 5. The van der Waals surface area contributed by atoms with Crippen LogP contribution in [0.15, 0.2) is 36.5 Å². The second-order valence-corrected chi connectivity index (χ2v) is 7.97. The Labute approximate surface area is 166 Å². The summed E-state index contributed by atoms with van der Waals surface area (Å²) >= 11 is 6.13. The Morgan fingerprint density at radius 2 is 1.67 bits per heavy atom. The summed E-state index contributed by atoms with van der Waals surface area (Å²) < 4.78 is 0. The highest BCUT2D eigenvalue weighted by molar-refractivity contribution is 6.30. The minimum atomic E-state index is 0.551.